The zero-order valence-electron chi connectivity index (χ0n) is 18.5. The molecule has 0 saturated heterocycles. The highest BCUT2D eigenvalue weighted by atomic mass is 16.1. The summed E-state index contributed by atoms with van der Waals surface area (Å²) in [5, 5.41) is 3.34. The second-order valence-corrected chi connectivity index (χ2v) is 8.01. The minimum Gasteiger partial charge on any atom is -0.339 e. The Kier molecular flexibility index (Phi) is 5.42. The van der Waals surface area contributed by atoms with E-state index in [2.05, 4.69) is 50.1 Å². The summed E-state index contributed by atoms with van der Waals surface area (Å²) in [7, 11) is 0. The molecule has 0 aliphatic carbocycles. The number of aryl methyl sites for hydroxylation is 5. The maximum atomic E-state index is 13.3. The zero-order chi connectivity index (χ0) is 22.1. The highest BCUT2D eigenvalue weighted by Crippen LogP contribution is 2.22. The third-order valence-corrected chi connectivity index (χ3v) is 5.69. The Balaban J connectivity index is 1.86. The lowest BCUT2D eigenvalue weighted by Gasteiger charge is -2.13. The zero-order valence-corrected chi connectivity index (χ0v) is 18.5. The number of aromatic nitrogens is 2. The molecule has 156 valence electrons. The van der Waals surface area contributed by atoms with Gasteiger partial charge >= 0.3 is 0 Å². The Bertz CT molecular complexity index is 1380. The first-order valence-electron chi connectivity index (χ1n) is 10.3. The number of hydrogen-bond acceptors (Lipinski definition) is 4. The van der Waals surface area contributed by atoms with E-state index in [1.54, 1.807) is 16.8 Å². The lowest BCUT2D eigenvalue weighted by Crippen LogP contribution is -2.22. The lowest BCUT2D eigenvalue weighted by molar-refractivity contribution is 1.03. The number of nitrogens with one attached hydrogen (secondary N) is 1. The lowest BCUT2D eigenvalue weighted by atomic mass is 10.1. The van der Waals surface area contributed by atoms with Crippen LogP contribution in [0.15, 0.2) is 64.5 Å². The van der Waals surface area contributed by atoms with E-state index in [9.17, 15) is 4.79 Å². The summed E-state index contributed by atoms with van der Waals surface area (Å²) in [6.07, 6.45) is 3.35. The Hall–Kier alpha value is -3.73. The van der Waals surface area contributed by atoms with Crippen molar-refractivity contribution in [1.82, 2.24) is 9.38 Å². The molecule has 1 N–H and O–H groups in total. The fourth-order valence-electron chi connectivity index (χ4n) is 3.42. The maximum absolute atomic E-state index is 13.3. The van der Waals surface area contributed by atoms with Crippen LogP contribution in [0.1, 0.15) is 33.4 Å². The first-order chi connectivity index (χ1) is 14.8. The van der Waals surface area contributed by atoms with E-state index in [0.717, 1.165) is 22.5 Å². The molecule has 31 heavy (non-hydrogen) atoms. The van der Waals surface area contributed by atoms with Crippen molar-refractivity contribution in [2.75, 3.05) is 5.32 Å². The summed E-state index contributed by atoms with van der Waals surface area (Å²) >= 11 is 0. The molecule has 0 spiro atoms. The molecule has 5 heteroatoms. The molecule has 2 aromatic heterocycles. The van der Waals surface area contributed by atoms with Crippen LogP contribution in [0.2, 0.25) is 0 Å². The number of benzene rings is 2. The van der Waals surface area contributed by atoms with Gasteiger partial charge in [-0.05, 0) is 92.8 Å². The van der Waals surface area contributed by atoms with Gasteiger partial charge < -0.3 is 5.32 Å². The fourth-order valence-corrected chi connectivity index (χ4v) is 3.42. The van der Waals surface area contributed by atoms with Crippen LogP contribution >= 0.6 is 0 Å². The molecule has 0 atom stereocenters. The van der Waals surface area contributed by atoms with Crippen molar-refractivity contribution in [3.8, 4) is 0 Å². The third kappa shape index (κ3) is 4.12. The Labute approximate surface area is 182 Å². The van der Waals surface area contributed by atoms with Gasteiger partial charge in [0.1, 0.15) is 17.0 Å². The van der Waals surface area contributed by atoms with Gasteiger partial charge in [0.15, 0.2) is 0 Å². The summed E-state index contributed by atoms with van der Waals surface area (Å²) in [5.41, 5.74) is 8.25. The van der Waals surface area contributed by atoms with E-state index in [1.807, 2.05) is 43.3 Å². The van der Waals surface area contributed by atoms with E-state index < -0.39 is 0 Å². The van der Waals surface area contributed by atoms with Crippen molar-refractivity contribution in [2.45, 2.75) is 34.6 Å². The number of fused-ring (bicyclic) bond motifs is 1. The minimum atomic E-state index is -0.160. The van der Waals surface area contributed by atoms with Gasteiger partial charge in [0, 0.05) is 18.1 Å². The SMILES string of the molecule is Cc1ccc(N=Cc2c(Nc3ccc(C)c(C)c3)nc3c(C)cccn3c2=O)cc1C. The molecule has 5 nitrogen and oxygen atoms in total. The number of pyridine rings is 1. The van der Waals surface area contributed by atoms with Gasteiger partial charge in [0.05, 0.1) is 5.69 Å². The molecule has 4 aromatic rings. The van der Waals surface area contributed by atoms with E-state index >= 15 is 0 Å². The van der Waals surface area contributed by atoms with E-state index in [0.29, 0.717) is 17.0 Å². The monoisotopic (exact) mass is 410 g/mol. The van der Waals surface area contributed by atoms with Crippen LogP contribution in [0, 0.1) is 34.6 Å². The average molecular weight is 411 g/mol. The van der Waals surface area contributed by atoms with E-state index in [-0.39, 0.29) is 5.56 Å². The molecule has 0 aliphatic rings. The van der Waals surface area contributed by atoms with Crippen LogP contribution in [0.3, 0.4) is 0 Å². The number of anilines is 2. The van der Waals surface area contributed by atoms with Crippen molar-refractivity contribution in [3.05, 3.63) is 98.5 Å². The van der Waals surface area contributed by atoms with Crippen molar-refractivity contribution in [1.29, 1.82) is 0 Å². The van der Waals surface area contributed by atoms with Gasteiger partial charge in [-0.1, -0.05) is 18.2 Å². The number of hydrogen-bond donors (Lipinski definition) is 1. The molecule has 0 unspecified atom stereocenters. The predicted octanol–water partition coefficient (Wildman–Crippen LogP) is 5.73. The van der Waals surface area contributed by atoms with Crippen LogP contribution in [0.4, 0.5) is 17.2 Å². The average Bonchev–Trinajstić information content (AvgIpc) is 2.74. The summed E-state index contributed by atoms with van der Waals surface area (Å²) in [6, 6.07) is 15.9. The Morgan fingerprint density at radius 3 is 2.29 bits per heavy atom. The standard InChI is InChI=1S/C26H26N4O/c1-16-8-10-21(13-19(16)4)27-15-23-24(28-22-11-9-17(2)20(5)14-22)29-25-18(3)7-6-12-30(25)26(23)31/h6-15,28H,1-5H3. The second kappa shape index (κ2) is 8.19. The molecule has 0 aliphatic heterocycles. The molecular formula is C26H26N4O. The maximum Gasteiger partial charge on any atom is 0.268 e. The normalized spacial score (nSPS) is 11.4. The van der Waals surface area contributed by atoms with Gasteiger partial charge in [-0.15, -0.1) is 0 Å². The second-order valence-electron chi connectivity index (χ2n) is 8.01. The molecule has 0 fully saturated rings. The van der Waals surface area contributed by atoms with Crippen LogP contribution in [0.25, 0.3) is 5.65 Å². The number of aliphatic imine (C=N–C) groups is 1. The largest absolute Gasteiger partial charge is 0.339 e. The van der Waals surface area contributed by atoms with Gasteiger partial charge in [-0.25, -0.2) is 4.98 Å². The summed E-state index contributed by atoms with van der Waals surface area (Å²) in [4.78, 5) is 22.7. The highest BCUT2D eigenvalue weighted by molar-refractivity contribution is 5.89. The molecule has 0 radical (unpaired) electrons. The van der Waals surface area contributed by atoms with E-state index in [1.165, 1.54) is 16.7 Å². The summed E-state index contributed by atoms with van der Waals surface area (Å²) in [6.45, 7) is 10.2. The van der Waals surface area contributed by atoms with Gasteiger partial charge in [0.2, 0.25) is 0 Å². The van der Waals surface area contributed by atoms with Gasteiger partial charge in [-0.2, -0.15) is 0 Å². The van der Waals surface area contributed by atoms with E-state index in [4.69, 9.17) is 4.98 Å². The highest BCUT2D eigenvalue weighted by Gasteiger charge is 2.13. The molecule has 2 heterocycles. The molecular weight excluding hydrogens is 384 g/mol. The summed E-state index contributed by atoms with van der Waals surface area (Å²) in [5.74, 6) is 0.495. The molecule has 0 amide bonds. The van der Waals surface area contributed by atoms with Crippen molar-refractivity contribution >= 4 is 29.1 Å². The Morgan fingerprint density at radius 2 is 1.58 bits per heavy atom. The van der Waals surface area contributed by atoms with Crippen LogP contribution in [0.5, 0.6) is 0 Å². The first kappa shape index (κ1) is 20.5. The number of nitrogens with zero attached hydrogens (tertiary/aromatic N) is 3. The van der Waals surface area contributed by atoms with Crippen molar-refractivity contribution in [3.63, 3.8) is 0 Å². The predicted molar refractivity (Wildman–Crippen MR) is 129 cm³/mol. The third-order valence-electron chi connectivity index (χ3n) is 5.69. The van der Waals surface area contributed by atoms with Crippen LogP contribution in [-0.4, -0.2) is 15.6 Å². The molecule has 0 saturated carbocycles. The van der Waals surface area contributed by atoms with Crippen molar-refractivity contribution in [2.24, 2.45) is 4.99 Å². The summed E-state index contributed by atoms with van der Waals surface area (Å²) < 4.78 is 1.57. The smallest absolute Gasteiger partial charge is 0.268 e. The molecule has 0 bridgehead atoms. The molecule has 4 rings (SSSR count). The Morgan fingerprint density at radius 1 is 0.871 bits per heavy atom. The first-order valence-corrected chi connectivity index (χ1v) is 10.3. The van der Waals surface area contributed by atoms with Crippen LogP contribution in [-0.2, 0) is 0 Å². The van der Waals surface area contributed by atoms with Gasteiger partial charge in [-0.3, -0.25) is 14.2 Å². The van der Waals surface area contributed by atoms with Crippen molar-refractivity contribution < 1.29 is 0 Å². The van der Waals surface area contributed by atoms with Crippen LogP contribution < -0.4 is 10.9 Å². The minimum absolute atomic E-state index is 0.160. The topological polar surface area (TPSA) is 58.8 Å². The quantitative estimate of drug-likeness (QED) is 0.437. The van der Waals surface area contributed by atoms with Gasteiger partial charge in [0.25, 0.3) is 5.56 Å². The number of rotatable bonds is 4. The fraction of sp³-hybridized carbons (Fsp3) is 0.192. The molecule has 2 aromatic carbocycles.